The van der Waals surface area contributed by atoms with E-state index in [-0.39, 0.29) is 5.56 Å². The molecule has 2 aliphatic heterocycles. The van der Waals surface area contributed by atoms with E-state index in [1.807, 2.05) is 36.4 Å². The highest BCUT2D eigenvalue weighted by molar-refractivity contribution is 6.30. The smallest absolute Gasteiger partial charge is 0.277 e. The SMILES string of the molecule is O=c1c2c(nc3cc([C@@H]4CCCN(Cc5ccc(Cl)cc5)C4)[nH]n13)CCN(Cc1ccc(Cl)cc1)C2. The Balaban J connectivity index is 1.20. The number of aromatic nitrogens is 3. The molecule has 1 N–H and O–H groups in total. The van der Waals surface area contributed by atoms with Gasteiger partial charge in [0.05, 0.1) is 11.3 Å². The third-order valence-corrected chi connectivity index (χ3v) is 7.95. The van der Waals surface area contributed by atoms with Crippen molar-refractivity contribution in [3.63, 3.8) is 0 Å². The number of rotatable bonds is 5. The Labute approximate surface area is 220 Å². The van der Waals surface area contributed by atoms with Crippen LogP contribution in [0.25, 0.3) is 5.65 Å². The van der Waals surface area contributed by atoms with Crippen molar-refractivity contribution in [2.45, 2.75) is 44.8 Å². The topological polar surface area (TPSA) is 56.6 Å². The number of nitrogens with zero attached hydrogens (tertiary/aromatic N) is 4. The second-order valence-corrected chi connectivity index (χ2v) is 10.9. The number of H-pyrrole nitrogens is 1. The predicted octanol–water partition coefficient (Wildman–Crippen LogP) is 5.27. The first-order valence-corrected chi connectivity index (χ1v) is 13.3. The zero-order valence-electron chi connectivity index (χ0n) is 20.1. The second kappa shape index (κ2) is 10.0. The summed E-state index contributed by atoms with van der Waals surface area (Å²) >= 11 is 12.1. The van der Waals surface area contributed by atoms with Gasteiger partial charge in [-0.2, -0.15) is 0 Å². The van der Waals surface area contributed by atoms with Crippen molar-refractivity contribution in [2.75, 3.05) is 19.6 Å². The first-order valence-electron chi connectivity index (χ1n) is 12.6. The van der Waals surface area contributed by atoms with Gasteiger partial charge in [0.25, 0.3) is 5.56 Å². The molecule has 2 aromatic carbocycles. The Morgan fingerprint density at radius 1 is 0.917 bits per heavy atom. The first kappa shape index (κ1) is 23.7. The molecule has 0 saturated carbocycles. The zero-order chi connectivity index (χ0) is 24.6. The lowest BCUT2D eigenvalue weighted by molar-refractivity contribution is 0.198. The van der Waals surface area contributed by atoms with Crippen LogP contribution in [0.15, 0.2) is 59.4 Å². The van der Waals surface area contributed by atoms with Crippen molar-refractivity contribution in [3.8, 4) is 0 Å². The molecule has 4 aromatic rings. The summed E-state index contributed by atoms with van der Waals surface area (Å²) in [7, 11) is 0. The Morgan fingerprint density at radius 2 is 1.58 bits per heavy atom. The maximum absolute atomic E-state index is 13.5. The van der Waals surface area contributed by atoms with E-state index in [9.17, 15) is 4.79 Å². The molecule has 6 nitrogen and oxygen atoms in total. The number of benzene rings is 2. The van der Waals surface area contributed by atoms with Crippen LogP contribution >= 0.6 is 23.2 Å². The Hall–Kier alpha value is -2.64. The molecule has 1 atom stereocenters. The van der Waals surface area contributed by atoms with Gasteiger partial charge in [-0.05, 0) is 54.8 Å². The Bertz CT molecular complexity index is 1430. The number of hydrogen-bond acceptors (Lipinski definition) is 4. The lowest BCUT2D eigenvalue weighted by Gasteiger charge is -2.32. The molecule has 8 heteroatoms. The summed E-state index contributed by atoms with van der Waals surface area (Å²) < 4.78 is 1.65. The average molecular weight is 522 g/mol. The van der Waals surface area contributed by atoms with E-state index in [4.69, 9.17) is 28.2 Å². The molecule has 36 heavy (non-hydrogen) atoms. The highest BCUT2D eigenvalue weighted by Gasteiger charge is 2.26. The standard InChI is InChI=1S/C28H29Cl2N5O/c29-22-7-3-19(4-8-22)15-33-12-1-2-21(17-33)26-14-27-31-25-11-13-34(16-20-5-9-23(30)10-6-20)18-24(25)28(36)35(27)32-26/h3-10,14,21,32H,1-2,11-13,15-18H2/t21-/m1/s1. The minimum absolute atomic E-state index is 0.0240. The largest absolute Gasteiger partial charge is 0.298 e. The van der Waals surface area contributed by atoms with Crippen LogP contribution in [0.1, 0.15) is 46.8 Å². The van der Waals surface area contributed by atoms with Crippen molar-refractivity contribution < 1.29 is 0 Å². The molecule has 0 radical (unpaired) electrons. The van der Waals surface area contributed by atoms with Gasteiger partial charge in [-0.15, -0.1) is 0 Å². The average Bonchev–Trinajstić information content (AvgIpc) is 3.32. The van der Waals surface area contributed by atoms with Gasteiger partial charge in [0.2, 0.25) is 0 Å². The van der Waals surface area contributed by atoms with Crippen LogP contribution in [0.4, 0.5) is 0 Å². The van der Waals surface area contributed by atoms with Crippen molar-refractivity contribution in [1.82, 2.24) is 24.4 Å². The summed E-state index contributed by atoms with van der Waals surface area (Å²) in [5.41, 5.74) is 6.05. The van der Waals surface area contributed by atoms with Gasteiger partial charge in [-0.3, -0.25) is 19.7 Å². The fourth-order valence-corrected chi connectivity index (χ4v) is 5.80. The third-order valence-electron chi connectivity index (χ3n) is 7.44. The summed E-state index contributed by atoms with van der Waals surface area (Å²) in [4.78, 5) is 23.2. The maximum atomic E-state index is 13.5. The van der Waals surface area contributed by atoms with Crippen molar-refractivity contribution in [1.29, 1.82) is 0 Å². The summed E-state index contributed by atoms with van der Waals surface area (Å²) in [6.45, 7) is 5.23. The van der Waals surface area contributed by atoms with Crippen molar-refractivity contribution in [2.24, 2.45) is 0 Å². The van der Waals surface area contributed by atoms with Crippen LogP contribution in [0.5, 0.6) is 0 Å². The molecule has 2 aliphatic rings. The van der Waals surface area contributed by atoms with E-state index >= 15 is 0 Å². The minimum atomic E-state index is 0.0240. The van der Waals surface area contributed by atoms with E-state index in [0.717, 1.165) is 84.6 Å². The molecule has 0 bridgehead atoms. The van der Waals surface area contributed by atoms with E-state index in [2.05, 4.69) is 33.1 Å². The highest BCUT2D eigenvalue weighted by atomic mass is 35.5. The number of hydrogen-bond donors (Lipinski definition) is 1. The number of halogens is 2. The number of nitrogens with one attached hydrogen (secondary N) is 1. The lowest BCUT2D eigenvalue weighted by atomic mass is 9.94. The third kappa shape index (κ3) is 4.96. The Kier molecular flexibility index (Phi) is 6.61. The van der Waals surface area contributed by atoms with E-state index < -0.39 is 0 Å². The molecule has 0 aliphatic carbocycles. The van der Waals surface area contributed by atoms with Gasteiger partial charge in [0.15, 0.2) is 5.65 Å². The molecule has 0 spiro atoms. The molecular formula is C28H29Cl2N5O. The van der Waals surface area contributed by atoms with E-state index in [1.165, 1.54) is 11.1 Å². The van der Waals surface area contributed by atoms with Gasteiger partial charge in [0.1, 0.15) is 0 Å². The quantitative estimate of drug-likeness (QED) is 0.388. The van der Waals surface area contributed by atoms with Crippen molar-refractivity contribution in [3.05, 3.63) is 103 Å². The number of piperidine rings is 1. The molecule has 1 fully saturated rings. The normalized spacial score (nSPS) is 19.0. The second-order valence-electron chi connectivity index (χ2n) is 10.0. The Morgan fingerprint density at radius 3 is 2.28 bits per heavy atom. The number of fused-ring (bicyclic) bond motifs is 2. The van der Waals surface area contributed by atoms with Crippen LogP contribution in [-0.2, 0) is 26.1 Å². The van der Waals surface area contributed by atoms with E-state index in [1.54, 1.807) is 4.52 Å². The number of aromatic amines is 1. The molecule has 6 rings (SSSR count). The van der Waals surface area contributed by atoms with Gasteiger partial charge in [0, 0.05) is 66.9 Å². The molecular weight excluding hydrogens is 493 g/mol. The summed E-state index contributed by atoms with van der Waals surface area (Å²) in [6.07, 6.45) is 3.02. The van der Waals surface area contributed by atoms with Crippen LogP contribution in [-0.4, -0.2) is 44.0 Å². The van der Waals surface area contributed by atoms with Gasteiger partial charge in [-0.1, -0.05) is 47.5 Å². The summed E-state index contributed by atoms with van der Waals surface area (Å²) in [6, 6.07) is 18.1. The van der Waals surface area contributed by atoms with Gasteiger partial charge in [-0.25, -0.2) is 9.50 Å². The summed E-state index contributed by atoms with van der Waals surface area (Å²) in [5, 5.41) is 4.91. The van der Waals surface area contributed by atoms with Crippen LogP contribution in [0.3, 0.4) is 0 Å². The van der Waals surface area contributed by atoms with Crippen LogP contribution < -0.4 is 5.56 Å². The monoisotopic (exact) mass is 521 g/mol. The van der Waals surface area contributed by atoms with Gasteiger partial charge >= 0.3 is 0 Å². The van der Waals surface area contributed by atoms with Crippen molar-refractivity contribution >= 4 is 28.8 Å². The minimum Gasteiger partial charge on any atom is -0.298 e. The number of likely N-dealkylation sites (tertiary alicyclic amines) is 1. The molecule has 0 unspecified atom stereocenters. The predicted molar refractivity (Wildman–Crippen MR) is 144 cm³/mol. The molecule has 0 amide bonds. The summed E-state index contributed by atoms with van der Waals surface area (Å²) in [5.74, 6) is 0.352. The van der Waals surface area contributed by atoms with Crippen LogP contribution in [0.2, 0.25) is 10.0 Å². The molecule has 1 saturated heterocycles. The van der Waals surface area contributed by atoms with E-state index in [0.29, 0.717) is 12.5 Å². The lowest BCUT2D eigenvalue weighted by Crippen LogP contribution is -2.36. The fraction of sp³-hybridized carbons (Fsp3) is 0.357. The fourth-order valence-electron chi connectivity index (χ4n) is 5.55. The van der Waals surface area contributed by atoms with Crippen LogP contribution in [0, 0.1) is 0 Å². The van der Waals surface area contributed by atoms with Gasteiger partial charge < -0.3 is 0 Å². The zero-order valence-corrected chi connectivity index (χ0v) is 21.6. The molecule has 186 valence electrons. The molecule has 2 aromatic heterocycles. The first-order chi connectivity index (χ1) is 17.5. The highest BCUT2D eigenvalue weighted by Crippen LogP contribution is 2.28. The molecule has 4 heterocycles. The maximum Gasteiger partial charge on any atom is 0.277 e.